The van der Waals surface area contributed by atoms with Gasteiger partial charge >= 0.3 is 5.97 Å². The van der Waals surface area contributed by atoms with E-state index in [1.807, 2.05) is 4.90 Å². The van der Waals surface area contributed by atoms with Gasteiger partial charge in [0.2, 0.25) is 5.91 Å². The van der Waals surface area contributed by atoms with Crippen LogP contribution in [0.15, 0.2) is 0 Å². The normalized spacial score (nSPS) is 33.6. The highest BCUT2D eigenvalue weighted by Crippen LogP contribution is 2.41. The highest BCUT2D eigenvalue weighted by Gasteiger charge is 2.45. The molecule has 1 heterocycles. The van der Waals surface area contributed by atoms with E-state index in [1.54, 1.807) is 0 Å². The minimum Gasteiger partial charge on any atom is -0.481 e. The fourth-order valence-electron chi connectivity index (χ4n) is 3.56. The van der Waals surface area contributed by atoms with Crippen molar-refractivity contribution < 1.29 is 14.7 Å². The SMILES string of the molecule is CCC1CC(C(=O)O)C(C(=O)N2CCC(C)(C)C2)C1. The Morgan fingerprint density at radius 1 is 1.26 bits per heavy atom. The van der Waals surface area contributed by atoms with E-state index < -0.39 is 11.9 Å². The third kappa shape index (κ3) is 2.93. The third-order valence-electron chi connectivity index (χ3n) is 4.86. The van der Waals surface area contributed by atoms with Gasteiger partial charge in [0.1, 0.15) is 0 Å². The van der Waals surface area contributed by atoms with Crippen molar-refractivity contribution in [2.45, 2.75) is 46.5 Å². The van der Waals surface area contributed by atoms with Gasteiger partial charge in [0.05, 0.1) is 11.8 Å². The van der Waals surface area contributed by atoms with Gasteiger partial charge < -0.3 is 10.0 Å². The number of carboxylic acid groups (broad SMARTS) is 1. The van der Waals surface area contributed by atoms with Crippen LogP contribution in [0.4, 0.5) is 0 Å². The molecule has 4 nitrogen and oxygen atoms in total. The first kappa shape index (κ1) is 14.4. The van der Waals surface area contributed by atoms with Gasteiger partial charge in [-0.05, 0) is 30.6 Å². The van der Waals surface area contributed by atoms with E-state index in [0.29, 0.717) is 12.3 Å². The van der Waals surface area contributed by atoms with Crippen LogP contribution in [0.2, 0.25) is 0 Å². The van der Waals surface area contributed by atoms with E-state index in [-0.39, 0.29) is 17.2 Å². The molecule has 3 atom stereocenters. The lowest BCUT2D eigenvalue weighted by atomic mass is 9.92. The standard InChI is InChI=1S/C15H25NO3/c1-4-10-7-11(12(8-10)14(18)19)13(17)16-6-5-15(2,3)9-16/h10-12H,4-9H2,1-3H3,(H,18,19). The van der Waals surface area contributed by atoms with E-state index in [9.17, 15) is 14.7 Å². The van der Waals surface area contributed by atoms with Gasteiger partial charge in [-0.1, -0.05) is 27.2 Å². The number of carbonyl (C=O) groups excluding carboxylic acids is 1. The minimum absolute atomic E-state index is 0.0777. The van der Waals surface area contributed by atoms with Crippen LogP contribution in [0.3, 0.4) is 0 Å². The maximum atomic E-state index is 12.6. The summed E-state index contributed by atoms with van der Waals surface area (Å²) in [6, 6.07) is 0. The summed E-state index contributed by atoms with van der Waals surface area (Å²) in [6.07, 6.45) is 3.40. The molecular weight excluding hydrogens is 242 g/mol. The fraction of sp³-hybridized carbons (Fsp3) is 0.867. The first-order valence-corrected chi connectivity index (χ1v) is 7.35. The molecular formula is C15H25NO3. The number of likely N-dealkylation sites (tertiary alicyclic amines) is 1. The molecule has 1 saturated heterocycles. The molecule has 1 aliphatic carbocycles. The van der Waals surface area contributed by atoms with Crippen LogP contribution in [0, 0.1) is 23.2 Å². The quantitative estimate of drug-likeness (QED) is 0.854. The number of hydrogen-bond donors (Lipinski definition) is 1. The molecule has 0 aromatic carbocycles. The summed E-state index contributed by atoms with van der Waals surface area (Å²) in [5.41, 5.74) is 0.178. The summed E-state index contributed by atoms with van der Waals surface area (Å²) in [5.74, 6) is -1.09. The molecule has 1 saturated carbocycles. The third-order valence-corrected chi connectivity index (χ3v) is 4.86. The number of amides is 1. The second-order valence-electron chi connectivity index (χ2n) is 6.97. The van der Waals surface area contributed by atoms with Crippen molar-refractivity contribution in [1.29, 1.82) is 0 Å². The highest BCUT2D eigenvalue weighted by atomic mass is 16.4. The zero-order chi connectivity index (χ0) is 14.2. The van der Waals surface area contributed by atoms with E-state index in [1.165, 1.54) is 0 Å². The number of hydrogen-bond acceptors (Lipinski definition) is 2. The van der Waals surface area contributed by atoms with Crippen LogP contribution in [0.5, 0.6) is 0 Å². The zero-order valence-corrected chi connectivity index (χ0v) is 12.2. The predicted octanol–water partition coefficient (Wildman–Crippen LogP) is 2.38. The lowest BCUT2D eigenvalue weighted by Gasteiger charge is -2.24. The summed E-state index contributed by atoms with van der Waals surface area (Å²) < 4.78 is 0. The van der Waals surface area contributed by atoms with Crippen LogP contribution in [0.1, 0.15) is 46.5 Å². The van der Waals surface area contributed by atoms with Crippen molar-refractivity contribution in [1.82, 2.24) is 4.90 Å². The molecule has 1 aliphatic heterocycles. The van der Waals surface area contributed by atoms with Crippen LogP contribution in [0.25, 0.3) is 0 Å². The van der Waals surface area contributed by atoms with Crippen molar-refractivity contribution in [3.63, 3.8) is 0 Å². The van der Waals surface area contributed by atoms with Gasteiger partial charge in [-0.3, -0.25) is 9.59 Å². The summed E-state index contributed by atoms with van der Waals surface area (Å²) in [5, 5.41) is 9.32. The molecule has 0 radical (unpaired) electrons. The molecule has 0 bridgehead atoms. The first-order valence-electron chi connectivity index (χ1n) is 7.35. The van der Waals surface area contributed by atoms with Gasteiger partial charge in [-0.25, -0.2) is 0 Å². The molecule has 0 spiro atoms. The van der Waals surface area contributed by atoms with E-state index in [2.05, 4.69) is 20.8 Å². The van der Waals surface area contributed by atoms with E-state index in [4.69, 9.17) is 0 Å². The van der Waals surface area contributed by atoms with Gasteiger partial charge in [-0.15, -0.1) is 0 Å². The van der Waals surface area contributed by atoms with Gasteiger partial charge in [0.25, 0.3) is 0 Å². The number of carboxylic acids is 1. The topological polar surface area (TPSA) is 57.6 Å². The Hall–Kier alpha value is -1.06. The average Bonchev–Trinajstić information content (AvgIpc) is 2.91. The molecule has 0 aromatic rings. The second kappa shape index (κ2) is 5.14. The Kier molecular flexibility index (Phi) is 3.88. The van der Waals surface area contributed by atoms with Gasteiger partial charge in [0.15, 0.2) is 0 Å². The minimum atomic E-state index is -0.798. The fourth-order valence-corrected chi connectivity index (χ4v) is 3.56. The highest BCUT2D eigenvalue weighted by molar-refractivity contribution is 5.85. The summed E-state index contributed by atoms with van der Waals surface area (Å²) in [6.45, 7) is 7.96. The molecule has 108 valence electrons. The van der Waals surface area contributed by atoms with Crippen molar-refractivity contribution in [3.8, 4) is 0 Å². The first-order chi connectivity index (χ1) is 8.84. The Balaban J connectivity index is 2.07. The molecule has 3 unspecified atom stereocenters. The molecule has 19 heavy (non-hydrogen) atoms. The second-order valence-corrected chi connectivity index (χ2v) is 6.97. The Morgan fingerprint density at radius 2 is 1.89 bits per heavy atom. The van der Waals surface area contributed by atoms with Crippen molar-refractivity contribution in [3.05, 3.63) is 0 Å². The van der Waals surface area contributed by atoms with Crippen LogP contribution < -0.4 is 0 Å². The molecule has 1 N–H and O–H groups in total. The molecule has 0 aromatic heterocycles. The van der Waals surface area contributed by atoms with Gasteiger partial charge in [-0.2, -0.15) is 0 Å². The maximum absolute atomic E-state index is 12.6. The predicted molar refractivity (Wildman–Crippen MR) is 72.6 cm³/mol. The van der Waals surface area contributed by atoms with Crippen molar-refractivity contribution in [2.75, 3.05) is 13.1 Å². The largest absolute Gasteiger partial charge is 0.481 e. The molecule has 2 rings (SSSR count). The number of rotatable bonds is 3. The molecule has 2 aliphatic rings. The lowest BCUT2D eigenvalue weighted by molar-refractivity contribution is -0.148. The van der Waals surface area contributed by atoms with E-state index >= 15 is 0 Å². The maximum Gasteiger partial charge on any atom is 0.307 e. The Morgan fingerprint density at radius 3 is 2.37 bits per heavy atom. The zero-order valence-electron chi connectivity index (χ0n) is 12.2. The molecule has 1 amide bonds. The molecule has 4 heteroatoms. The van der Waals surface area contributed by atoms with Crippen LogP contribution >= 0.6 is 0 Å². The molecule has 2 fully saturated rings. The smallest absolute Gasteiger partial charge is 0.307 e. The van der Waals surface area contributed by atoms with Crippen LogP contribution in [-0.4, -0.2) is 35.0 Å². The summed E-state index contributed by atoms with van der Waals surface area (Å²) >= 11 is 0. The average molecular weight is 267 g/mol. The van der Waals surface area contributed by atoms with Gasteiger partial charge in [0, 0.05) is 13.1 Å². The number of aliphatic carboxylic acids is 1. The van der Waals surface area contributed by atoms with Crippen molar-refractivity contribution >= 4 is 11.9 Å². The summed E-state index contributed by atoms with van der Waals surface area (Å²) in [4.78, 5) is 25.8. The summed E-state index contributed by atoms with van der Waals surface area (Å²) in [7, 11) is 0. The monoisotopic (exact) mass is 267 g/mol. The Labute approximate surface area is 115 Å². The number of carbonyl (C=O) groups is 2. The van der Waals surface area contributed by atoms with Crippen molar-refractivity contribution in [2.24, 2.45) is 23.2 Å². The van der Waals surface area contributed by atoms with Crippen LogP contribution in [-0.2, 0) is 9.59 Å². The number of nitrogens with zero attached hydrogens (tertiary/aromatic N) is 1. The van der Waals surface area contributed by atoms with E-state index in [0.717, 1.165) is 32.4 Å². The Bertz CT molecular complexity index is 378. The lowest BCUT2D eigenvalue weighted by Crippen LogP contribution is -2.38.